The summed E-state index contributed by atoms with van der Waals surface area (Å²) in [4.78, 5) is 27.4. The van der Waals surface area contributed by atoms with Crippen molar-refractivity contribution in [2.24, 2.45) is 7.05 Å². The van der Waals surface area contributed by atoms with E-state index in [-0.39, 0.29) is 11.7 Å². The molecule has 1 saturated heterocycles. The largest absolute Gasteiger partial charge is 0.483 e. The van der Waals surface area contributed by atoms with Gasteiger partial charge in [0.1, 0.15) is 5.60 Å². The number of fused-ring (bicyclic) bond motifs is 2. The fourth-order valence-corrected chi connectivity index (χ4v) is 4.32. The third kappa shape index (κ3) is 2.59. The van der Waals surface area contributed by atoms with Gasteiger partial charge < -0.3 is 9.64 Å². The van der Waals surface area contributed by atoms with E-state index in [0.717, 1.165) is 16.5 Å². The predicted molar refractivity (Wildman–Crippen MR) is 101 cm³/mol. The van der Waals surface area contributed by atoms with Crippen LogP contribution in [-0.2, 0) is 7.05 Å². The highest BCUT2D eigenvalue weighted by molar-refractivity contribution is 5.99. The molecular weight excluding hydrogens is 358 g/mol. The van der Waals surface area contributed by atoms with Crippen LogP contribution < -0.4 is 4.74 Å². The Morgan fingerprint density at radius 2 is 2.07 bits per heavy atom. The molecule has 8 nitrogen and oxygen atoms in total. The van der Waals surface area contributed by atoms with Gasteiger partial charge in [-0.25, -0.2) is 0 Å². The number of aromatic amines is 1. The van der Waals surface area contributed by atoms with Gasteiger partial charge in [0.15, 0.2) is 17.2 Å². The molecule has 1 amide bonds. The van der Waals surface area contributed by atoms with E-state index in [1.54, 1.807) is 24.1 Å². The Morgan fingerprint density at radius 1 is 1.29 bits per heavy atom. The molecule has 4 heterocycles. The number of piperidine rings is 1. The van der Waals surface area contributed by atoms with Crippen LogP contribution in [0.5, 0.6) is 5.75 Å². The molecule has 2 aliphatic rings. The molecule has 0 aliphatic carbocycles. The molecule has 0 unspecified atom stereocenters. The molecule has 28 heavy (non-hydrogen) atoms. The van der Waals surface area contributed by atoms with E-state index in [1.165, 1.54) is 0 Å². The molecule has 8 heteroatoms. The highest BCUT2D eigenvalue weighted by Crippen LogP contribution is 2.39. The number of ketones is 1. The van der Waals surface area contributed by atoms with Crippen molar-refractivity contribution in [1.29, 1.82) is 0 Å². The number of Topliss-reactive ketones (excluding diaryl/α,β-unsaturated/α-hetero) is 1. The lowest BCUT2D eigenvalue weighted by Crippen LogP contribution is -2.52. The Hall–Kier alpha value is -3.16. The molecular formula is C20H21N5O3. The number of H-pyrrole nitrogens is 1. The van der Waals surface area contributed by atoms with Crippen molar-refractivity contribution in [2.75, 3.05) is 13.1 Å². The molecule has 3 aromatic rings. The molecule has 2 aromatic heterocycles. The zero-order chi connectivity index (χ0) is 19.5. The second kappa shape index (κ2) is 5.92. The number of aromatic nitrogens is 4. The normalized spacial score (nSPS) is 18.4. The van der Waals surface area contributed by atoms with Gasteiger partial charge in [0.25, 0.3) is 5.91 Å². The number of nitrogens with one attached hydrogen (secondary N) is 1. The summed E-state index contributed by atoms with van der Waals surface area (Å²) in [5, 5.41) is 12.1. The van der Waals surface area contributed by atoms with Gasteiger partial charge in [-0.3, -0.25) is 19.4 Å². The van der Waals surface area contributed by atoms with Crippen LogP contribution in [0.4, 0.5) is 0 Å². The zero-order valence-corrected chi connectivity index (χ0v) is 15.9. The van der Waals surface area contributed by atoms with Crippen LogP contribution in [0.25, 0.3) is 10.9 Å². The van der Waals surface area contributed by atoms with E-state index in [0.29, 0.717) is 49.4 Å². The molecule has 1 fully saturated rings. The number of benzene rings is 1. The van der Waals surface area contributed by atoms with Gasteiger partial charge in [-0.2, -0.15) is 10.2 Å². The lowest BCUT2D eigenvalue weighted by atomic mass is 9.83. The van der Waals surface area contributed by atoms with Crippen LogP contribution in [0.15, 0.2) is 24.5 Å². The number of aryl methyl sites for hydroxylation is 2. The minimum absolute atomic E-state index is 0.00486. The third-order valence-electron chi connectivity index (χ3n) is 5.82. The quantitative estimate of drug-likeness (QED) is 0.700. The van der Waals surface area contributed by atoms with Crippen LogP contribution >= 0.6 is 0 Å². The van der Waals surface area contributed by atoms with E-state index in [2.05, 4.69) is 15.3 Å². The number of carbonyl (C=O) groups is 2. The Balaban J connectivity index is 1.34. The molecule has 5 rings (SSSR count). The number of hydrogen-bond acceptors (Lipinski definition) is 5. The Kier molecular flexibility index (Phi) is 3.59. The number of amides is 1. The molecule has 1 spiro atoms. The van der Waals surface area contributed by atoms with Crippen molar-refractivity contribution in [3.63, 3.8) is 0 Å². The number of carbonyl (C=O) groups excluding carboxylic acids is 2. The van der Waals surface area contributed by atoms with Gasteiger partial charge >= 0.3 is 0 Å². The fraction of sp³-hybridized carbons (Fsp3) is 0.400. The summed E-state index contributed by atoms with van der Waals surface area (Å²) in [6.07, 6.45) is 5.06. The number of hydrogen-bond donors (Lipinski definition) is 1. The average Bonchev–Trinajstić information content (AvgIpc) is 3.28. The summed E-state index contributed by atoms with van der Waals surface area (Å²) in [6.45, 7) is 3.09. The Labute approximate surface area is 161 Å². The Bertz CT molecular complexity index is 1100. The summed E-state index contributed by atoms with van der Waals surface area (Å²) in [7, 11) is 1.78. The van der Waals surface area contributed by atoms with E-state index in [1.807, 2.05) is 24.0 Å². The van der Waals surface area contributed by atoms with Crippen molar-refractivity contribution in [2.45, 2.75) is 31.8 Å². The van der Waals surface area contributed by atoms with Gasteiger partial charge in [0, 0.05) is 43.9 Å². The lowest BCUT2D eigenvalue weighted by Gasteiger charge is -2.43. The van der Waals surface area contributed by atoms with Crippen molar-refractivity contribution in [3.05, 3.63) is 41.3 Å². The summed E-state index contributed by atoms with van der Waals surface area (Å²) < 4.78 is 7.80. The molecule has 1 aromatic carbocycles. The van der Waals surface area contributed by atoms with Crippen molar-refractivity contribution in [3.8, 4) is 5.75 Å². The number of likely N-dealkylation sites (tertiary alicyclic amines) is 1. The number of nitrogens with zero attached hydrogens (tertiary/aromatic N) is 4. The van der Waals surface area contributed by atoms with Crippen LogP contribution in [-0.4, -0.2) is 55.3 Å². The van der Waals surface area contributed by atoms with Gasteiger partial charge in [0.2, 0.25) is 0 Å². The van der Waals surface area contributed by atoms with Crippen molar-refractivity contribution >= 4 is 22.6 Å². The topological polar surface area (TPSA) is 93.1 Å². The van der Waals surface area contributed by atoms with E-state index in [9.17, 15) is 9.59 Å². The van der Waals surface area contributed by atoms with Crippen molar-refractivity contribution < 1.29 is 14.3 Å². The minimum atomic E-state index is -0.533. The van der Waals surface area contributed by atoms with Crippen LogP contribution in [0, 0.1) is 6.92 Å². The van der Waals surface area contributed by atoms with Crippen LogP contribution in [0.1, 0.15) is 45.7 Å². The molecule has 2 aliphatic heterocycles. The van der Waals surface area contributed by atoms with Gasteiger partial charge in [-0.05, 0) is 24.6 Å². The average molecular weight is 379 g/mol. The summed E-state index contributed by atoms with van der Waals surface area (Å²) >= 11 is 0. The van der Waals surface area contributed by atoms with E-state index in [4.69, 9.17) is 4.74 Å². The first-order valence-corrected chi connectivity index (χ1v) is 9.43. The van der Waals surface area contributed by atoms with Crippen molar-refractivity contribution in [1.82, 2.24) is 24.9 Å². The SMILES string of the molecule is Cc1cc(C(=O)N2CCC3(CC2)CC(=O)c2nn(C)cc2O3)cc2cn[nH]c12. The number of ether oxygens (including phenoxy) is 1. The monoisotopic (exact) mass is 379 g/mol. The van der Waals surface area contributed by atoms with Gasteiger partial charge in [-0.15, -0.1) is 0 Å². The maximum atomic E-state index is 13.0. The highest BCUT2D eigenvalue weighted by atomic mass is 16.5. The maximum absolute atomic E-state index is 13.0. The molecule has 0 atom stereocenters. The Morgan fingerprint density at radius 3 is 2.86 bits per heavy atom. The second-order valence-corrected chi connectivity index (χ2v) is 7.82. The fourth-order valence-electron chi connectivity index (χ4n) is 4.32. The molecule has 0 saturated carbocycles. The minimum Gasteiger partial charge on any atom is -0.483 e. The highest BCUT2D eigenvalue weighted by Gasteiger charge is 2.45. The van der Waals surface area contributed by atoms with Crippen LogP contribution in [0.2, 0.25) is 0 Å². The van der Waals surface area contributed by atoms with Gasteiger partial charge in [-0.1, -0.05) is 0 Å². The summed E-state index contributed by atoms with van der Waals surface area (Å²) in [6, 6.07) is 3.77. The summed E-state index contributed by atoms with van der Waals surface area (Å²) in [5.74, 6) is 0.576. The standard InChI is InChI=1S/C20H21N5O3/c1-12-7-13(8-14-10-21-22-17(12)14)19(27)25-5-3-20(4-6-25)9-15(26)18-16(28-20)11-24(2)23-18/h7-8,10-11H,3-6,9H2,1-2H3,(H,21,22). The lowest BCUT2D eigenvalue weighted by molar-refractivity contribution is -0.00582. The first-order valence-electron chi connectivity index (χ1n) is 9.43. The molecule has 0 radical (unpaired) electrons. The first kappa shape index (κ1) is 17.0. The summed E-state index contributed by atoms with van der Waals surface area (Å²) in [5.41, 5.74) is 2.50. The first-order chi connectivity index (χ1) is 13.4. The van der Waals surface area contributed by atoms with Gasteiger partial charge in [0.05, 0.1) is 24.3 Å². The van der Waals surface area contributed by atoms with E-state index >= 15 is 0 Å². The predicted octanol–water partition coefficient (Wildman–Crippen LogP) is 2.25. The smallest absolute Gasteiger partial charge is 0.253 e. The van der Waals surface area contributed by atoms with Crippen LogP contribution in [0.3, 0.4) is 0 Å². The number of rotatable bonds is 1. The zero-order valence-electron chi connectivity index (χ0n) is 15.9. The maximum Gasteiger partial charge on any atom is 0.253 e. The molecule has 144 valence electrons. The van der Waals surface area contributed by atoms with E-state index < -0.39 is 5.60 Å². The second-order valence-electron chi connectivity index (χ2n) is 7.82. The molecule has 0 bridgehead atoms. The molecule has 1 N–H and O–H groups in total. The third-order valence-corrected chi connectivity index (χ3v) is 5.82.